The van der Waals surface area contributed by atoms with Crippen LogP contribution >= 0.6 is 0 Å². The van der Waals surface area contributed by atoms with Crippen molar-refractivity contribution in [3.63, 3.8) is 0 Å². The molecular formula is C18H21N3O4. The zero-order valence-corrected chi connectivity index (χ0v) is 14.0. The summed E-state index contributed by atoms with van der Waals surface area (Å²) in [6.45, 7) is 1.88. The van der Waals surface area contributed by atoms with Gasteiger partial charge in [-0.2, -0.15) is 0 Å². The van der Waals surface area contributed by atoms with Crippen molar-refractivity contribution < 1.29 is 18.8 Å². The van der Waals surface area contributed by atoms with Crippen molar-refractivity contribution >= 4 is 17.7 Å². The van der Waals surface area contributed by atoms with Gasteiger partial charge in [0.15, 0.2) is 0 Å². The molecule has 0 radical (unpaired) electrons. The Balaban J connectivity index is 1.65. The maximum Gasteiger partial charge on any atom is 0.251 e. The highest BCUT2D eigenvalue weighted by molar-refractivity contribution is 5.94. The van der Waals surface area contributed by atoms with Crippen molar-refractivity contribution in [3.05, 3.63) is 60.1 Å². The Labute approximate surface area is 145 Å². The Bertz CT molecular complexity index is 698. The highest BCUT2D eigenvalue weighted by Gasteiger charge is 2.13. The van der Waals surface area contributed by atoms with Crippen LogP contribution in [0.1, 0.15) is 29.5 Å². The lowest BCUT2D eigenvalue weighted by Crippen LogP contribution is -2.40. The fourth-order valence-electron chi connectivity index (χ4n) is 2.14. The number of hydrogen-bond acceptors (Lipinski definition) is 4. The zero-order chi connectivity index (χ0) is 18.1. The number of amides is 3. The van der Waals surface area contributed by atoms with Crippen LogP contribution < -0.4 is 16.0 Å². The van der Waals surface area contributed by atoms with Crippen molar-refractivity contribution in [1.29, 1.82) is 0 Å². The molecule has 0 saturated heterocycles. The molecule has 3 N–H and O–H groups in total. The molecule has 132 valence electrons. The first-order chi connectivity index (χ1) is 12.0. The Morgan fingerprint density at radius 1 is 1.00 bits per heavy atom. The van der Waals surface area contributed by atoms with E-state index in [0.717, 1.165) is 0 Å². The fourth-order valence-corrected chi connectivity index (χ4v) is 2.14. The molecule has 0 fully saturated rings. The van der Waals surface area contributed by atoms with Crippen LogP contribution in [0.3, 0.4) is 0 Å². The van der Waals surface area contributed by atoms with Crippen molar-refractivity contribution in [3.8, 4) is 0 Å². The van der Waals surface area contributed by atoms with Crippen LogP contribution in [-0.4, -0.2) is 30.3 Å². The van der Waals surface area contributed by atoms with Gasteiger partial charge in [-0.25, -0.2) is 0 Å². The predicted molar refractivity (Wildman–Crippen MR) is 91.6 cm³/mol. The van der Waals surface area contributed by atoms with Crippen LogP contribution in [0.5, 0.6) is 0 Å². The van der Waals surface area contributed by atoms with Gasteiger partial charge in [0.25, 0.3) is 5.91 Å². The zero-order valence-electron chi connectivity index (χ0n) is 14.0. The van der Waals surface area contributed by atoms with E-state index in [0.29, 0.717) is 11.3 Å². The molecule has 2 rings (SSSR count). The summed E-state index contributed by atoms with van der Waals surface area (Å²) in [5.74, 6) is -0.228. The van der Waals surface area contributed by atoms with Gasteiger partial charge in [-0.05, 0) is 31.2 Å². The number of carbonyl (C=O) groups is 3. The number of rotatable bonds is 8. The molecule has 0 aliphatic rings. The van der Waals surface area contributed by atoms with Gasteiger partial charge in [0, 0.05) is 18.0 Å². The second-order valence-corrected chi connectivity index (χ2v) is 5.58. The second kappa shape index (κ2) is 9.27. The number of furan rings is 1. The third-order valence-corrected chi connectivity index (χ3v) is 3.39. The second-order valence-electron chi connectivity index (χ2n) is 5.58. The van der Waals surface area contributed by atoms with Gasteiger partial charge in [-0.15, -0.1) is 0 Å². The minimum atomic E-state index is -0.348. The average Bonchev–Trinajstić information content (AvgIpc) is 3.12. The molecule has 3 amide bonds. The van der Waals surface area contributed by atoms with Crippen LogP contribution in [0.4, 0.5) is 0 Å². The van der Waals surface area contributed by atoms with E-state index >= 15 is 0 Å². The molecule has 1 aromatic carbocycles. The van der Waals surface area contributed by atoms with E-state index in [1.54, 1.807) is 43.3 Å². The van der Waals surface area contributed by atoms with E-state index < -0.39 is 0 Å². The summed E-state index contributed by atoms with van der Waals surface area (Å²) >= 11 is 0. The molecule has 7 nitrogen and oxygen atoms in total. The fraction of sp³-hybridized carbons (Fsp3) is 0.278. The topological polar surface area (TPSA) is 100 Å². The number of hydrogen-bond donors (Lipinski definition) is 3. The van der Waals surface area contributed by atoms with Crippen molar-refractivity contribution in [2.24, 2.45) is 0 Å². The third-order valence-electron chi connectivity index (χ3n) is 3.39. The van der Waals surface area contributed by atoms with Crippen molar-refractivity contribution in [1.82, 2.24) is 16.0 Å². The van der Waals surface area contributed by atoms with Crippen molar-refractivity contribution in [2.45, 2.75) is 25.9 Å². The quantitative estimate of drug-likeness (QED) is 0.671. The maximum absolute atomic E-state index is 12.0. The van der Waals surface area contributed by atoms with Crippen LogP contribution in [0.25, 0.3) is 0 Å². The van der Waals surface area contributed by atoms with E-state index in [-0.39, 0.29) is 43.3 Å². The molecule has 2 aromatic rings. The van der Waals surface area contributed by atoms with E-state index in [9.17, 15) is 14.4 Å². The van der Waals surface area contributed by atoms with Crippen LogP contribution in [0, 0.1) is 0 Å². The van der Waals surface area contributed by atoms with Gasteiger partial charge in [0.2, 0.25) is 11.8 Å². The predicted octanol–water partition coefficient (Wildman–Crippen LogP) is 1.22. The smallest absolute Gasteiger partial charge is 0.251 e. The van der Waals surface area contributed by atoms with Gasteiger partial charge in [0.1, 0.15) is 5.76 Å². The first-order valence-corrected chi connectivity index (χ1v) is 7.96. The summed E-state index contributed by atoms with van der Waals surface area (Å²) in [5, 5.41) is 7.90. The largest absolute Gasteiger partial charge is 0.467 e. The standard InChI is InChI=1S/C18H21N3O4/c1-13(21-18(24)14-6-3-2-4-7-14)10-16(22)20-12-17(23)19-11-15-8-5-9-25-15/h2-9,13H,10-12H2,1H3,(H,19,23)(H,20,22)(H,21,24). The summed E-state index contributed by atoms with van der Waals surface area (Å²) < 4.78 is 5.09. The maximum atomic E-state index is 12.0. The molecule has 1 atom stereocenters. The molecule has 25 heavy (non-hydrogen) atoms. The Kier molecular flexibility index (Phi) is 6.76. The average molecular weight is 343 g/mol. The first kappa shape index (κ1) is 18.3. The van der Waals surface area contributed by atoms with Crippen LogP contribution in [-0.2, 0) is 16.1 Å². The van der Waals surface area contributed by atoms with Crippen LogP contribution in [0.15, 0.2) is 53.1 Å². The molecule has 1 unspecified atom stereocenters. The monoisotopic (exact) mass is 343 g/mol. The molecule has 0 aliphatic carbocycles. The highest BCUT2D eigenvalue weighted by atomic mass is 16.3. The first-order valence-electron chi connectivity index (χ1n) is 7.96. The number of carbonyl (C=O) groups excluding carboxylic acids is 3. The normalized spacial score (nSPS) is 11.4. The molecule has 0 bridgehead atoms. The van der Waals surface area contributed by atoms with E-state index in [1.807, 2.05) is 6.07 Å². The van der Waals surface area contributed by atoms with E-state index in [1.165, 1.54) is 6.26 Å². The van der Waals surface area contributed by atoms with Gasteiger partial charge < -0.3 is 20.4 Å². The highest BCUT2D eigenvalue weighted by Crippen LogP contribution is 2.00. The Morgan fingerprint density at radius 3 is 2.44 bits per heavy atom. The summed E-state index contributed by atoms with van der Waals surface area (Å²) in [6.07, 6.45) is 1.61. The third kappa shape index (κ3) is 6.50. The summed E-state index contributed by atoms with van der Waals surface area (Å²) in [7, 11) is 0. The van der Waals surface area contributed by atoms with Gasteiger partial charge in [0.05, 0.1) is 19.4 Å². The Morgan fingerprint density at radius 2 is 1.76 bits per heavy atom. The minimum absolute atomic E-state index is 0.0873. The summed E-state index contributed by atoms with van der Waals surface area (Å²) in [6, 6.07) is 11.9. The molecular weight excluding hydrogens is 322 g/mol. The SMILES string of the molecule is CC(CC(=O)NCC(=O)NCc1ccco1)NC(=O)c1ccccc1. The lowest BCUT2D eigenvalue weighted by molar-refractivity contribution is -0.126. The molecule has 1 heterocycles. The van der Waals surface area contributed by atoms with Crippen LogP contribution in [0.2, 0.25) is 0 Å². The van der Waals surface area contributed by atoms with Gasteiger partial charge in [-0.3, -0.25) is 14.4 Å². The lowest BCUT2D eigenvalue weighted by Gasteiger charge is -2.14. The van der Waals surface area contributed by atoms with Crippen molar-refractivity contribution in [2.75, 3.05) is 6.54 Å². The number of nitrogens with one attached hydrogen (secondary N) is 3. The molecule has 7 heteroatoms. The minimum Gasteiger partial charge on any atom is -0.467 e. The molecule has 0 saturated carbocycles. The lowest BCUT2D eigenvalue weighted by atomic mass is 10.1. The Hall–Kier alpha value is -3.09. The van der Waals surface area contributed by atoms with Gasteiger partial charge in [-0.1, -0.05) is 18.2 Å². The summed E-state index contributed by atoms with van der Waals surface area (Å²) in [4.78, 5) is 35.5. The molecule has 0 aliphatic heterocycles. The number of benzene rings is 1. The van der Waals surface area contributed by atoms with Gasteiger partial charge >= 0.3 is 0 Å². The molecule has 1 aromatic heterocycles. The summed E-state index contributed by atoms with van der Waals surface area (Å²) in [5.41, 5.74) is 0.534. The van der Waals surface area contributed by atoms with E-state index in [4.69, 9.17) is 4.42 Å². The molecule has 0 spiro atoms. The van der Waals surface area contributed by atoms with E-state index in [2.05, 4.69) is 16.0 Å².